The molecule has 1 aromatic heterocycles. The zero-order valence-corrected chi connectivity index (χ0v) is 5.43. The Bertz CT molecular complexity index is 211. The number of rotatable bonds is 1. The molecule has 0 aliphatic carbocycles. The fourth-order valence-corrected chi connectivity index (χ4v) is 1.02. The Morgan fingerprint density at radius 1 is 1.89 bits per heavy atom. The Balaban J connectivity index is 2.80. The molecule has 3 heteroatoms. The summed E-state index contributed by atoms with van der Waals surface area (Å²) in [6.07, 6.45) is 5.71. The Morgan fingerprint density at radius 3 is 3.11 bits per heavy atom. The smallest absolute Gasteiger partial charge is 0.166 e. The molecule has 0 saturated heterocycles. The molecule has 1 rings (SSSR count). The predicted molar refractivity (Wildman–Crippen MR) is 35.9 cm³/mol. The third-order valence-corrected chi connectivity index (χ3v) is 1.67. The monoisotopic (exact) mass is 139 g/mol. The molecule has 0 aromatic carbocycles. The zero-order valence-electron chi connectivity index (χ0n) is 4.61. The number of aromatic nitrogens is 1. The lowest BCUT2D eigenvalue weighted by Gasteiger charge is -1.93. The molecular formula is C6H5NOS. The maximum atomic E-state index is 8.93. The van der Waals surface area contributed by atoms with Gasteiger partial charge in [0.25, 0.3) is 0 Å². The van der Waals surface area contributed by atoms with Crippen molar-refractivity contribution in [2.45, 2.75) is 6.10 Å². The summed E-state index contributed by atoms with van der Waals surface area (Å²) in [4.78, 5) is 3.81. The van der Waals surface area contributed by atoms with Gasteiger partial charge in [-0.25, -0.2) is 4.98 Å². The molecule has 0 aliphatic rings. The minimum atomic E-state index is -0.829. The number of hydrogen-bond acceptors (Lipinski definition) is 3. The van der Waals surface area contributed by atoms with Crippen molar-refractivity contribution in [2.24, 2.45) is 0 Å². The molecule has 0 amide bonds. The van der Waals surface area contributed by atoms with Gasteiger partial charge in [-0.2, -0.15) is 0 Å². The number of terminal acetylenes is 1. The fraction of sp³-hybridized carbons (Fsp3) is 0.167. The van der Waals surface area contributed by atoms with Gasteiger partial charge < -0.3 is 5.11 Å². The maximum Gasteiger partial charge on any atom is 0.166 e. The van der Waals surface area contributed by atoms with E-state index in [-0.39, 0.29) is 0 Å². The van der Waals surface area contributed by atoms with E-state index in [9.17, 15) is 0 Å². The van der Waals surface area contributed by atoms with Crippen molar-refractivity contribution in [1.82, 2.24) is 4.98 Å². The zero-order chi connectivity index (χ0) is 6.69. The van der Waals surface area contributed by atoms with Gasteiger partial charge in [0, 0.05) is 11.6 Å². The van der Waals surface area contributed by atoms with Crippen LogP contribution in [0.3, 0.4) is 0 Å². The van der Waals surface area contributed by atoms with Crippen LogP contribution in [0.1, 0.15) is 11.1 Å². The lowest BCUT2D eigenvalue weighted by atomic mass is 10.4. The van der Waals surface area contributed by atoms with Crippen LogP contribution in [-0.4, -0.2) is 10.1 Å². The van der Waals surface area contributed by atoms with Crippen molar-refractivity contribution in [2.75, 3.05) is 0 Å². The van der Waals surface area contributed by atoms with E-state index in [1.807, 2.05) is 0 Å². The first-order valence-corrected chi connectivity index (χ1v) is 3.26. The Kier molecular flexibility index (Phi) is 1.83. The van der Waals surface area contributed by atoms with Crippen LogP contribution in [0.4, 0.5) is 0 Å². The average Bonchev–Trinajstić information content (AvgIpc) is 2.37. The van der Waals surface area contributed by atoms with E-state index < -0.39 is 6.10 Å². The number of hydrogen-bond donors (Lipinski definition) is 1. The Hall–Kier alpha value is -0.850. The van der Waals surface area contributed by atoms with Gasteiger partial charge in [-0.3, -0.25) is 0 Å². The molecule has 1 heterocycles. The van der Waals surface area contributed by atoms with Gasteiger partial charge in [0.2, 0.25) is 0 Å². The summed E-state index contributed by atoms with van der Waals surface area (Å²) < 4.78 is 0. The summed E-state index contributed by atoms with van der Waals surface area (Å²) in [5.74, 6) is 2.17. The molecule has 0 aliphatic heterocycles. The number of nitrogens with zero attached hydrogens (tertiary/aromatic N) is 1. The van der Waals surface area contributed by atoms with E-state index in [2.05, 4.69) is 10.9 Å². The van der Waals surface area contributed by atoms with E-state index >= 15 is 0 Å². The quantitative estimate of drug-likeness (QED) is 0.584. The second-order valence-corrected chi connectivity index (χ2v) is 2.37. The predicted octanol–water partition coefficient (Wildman–Crippen LogP) is 0.810. The van der Waals surface area contributed by atoms with E-state index in [0.29, 0.717) is 5.01 Å². The van der Waals surface area contributed by atoms with Gasteiger partial charge >= 0.3 is 0 Å². The van der Waals surface area contributed by atoms with E-state index in [4.69, 9.17) is 11.5 Å². The van der Waals surface area contributed by atoms with Crippen molar-refractivity contribution in [3.05, 3.63) is 16.6 Å². The standard InChI is InChI=1S/C6H5NOS/c1-2-5(8)6-7-3-4-9-6/h1,3-5,8H. The summed E-state index contributed by atoms with van der Waals surface area (Å²) in [5, 5.41) is 11.3. The molecule has 1 atom stereocenters. The normalized spacial score (nSPS) is 12.4. The van der Waals surface area contributed by atoms with Crippen LogP contribution in [0.15, 0.2) is 11.6 Å². The molecular weight excluding hydrogens is 134 g/mol. The minimum absolute atomic E-state index is 0.581. The van der Waals surface area contributed by atoms with Crippen LogP contribution in [0.25, 0.3) is 0 Å². The van der Waals surface area contributed by atoms with Crippen LogP contribution in [0.2, 0.25) is 0 Å². The molecule has 0 fully saturated rings. The molecule has 2 nitrogen and oxygen atoms in total. The first kappa shape index (κ1) is 6.27. The molecule has 1 unspecified atom stereocenters. The van der Waals surface area contributed by atoms with Crippen molar-refractivity contribution in [1.29, 1.82) is 0 Å². The van der Waals surface area contributed by atoms with Crippen molar-refractivity contribution in [3.63, 3.8) is 0 Å². The third-order valence-electron chi connectivity index (χ3n) is 0.843. The van der Waals surface area contributed by atoms with Gasteiger partial charge in [-0.15, -0.1) is 17.8 Å². The lowest BCUT2D eigenvalue weighted by molar-refractivity contribution is 0.238. The van der Waals surface area contributed by atoms with Crippen LogP contribution < -0.4 is 0 Å². The fourth-order valence-electron chi connectivity index (χ4n) is 0.441. The van der Waals surface area contributed by atoms with Crippen molar-refractivity contribution < 1.29 is 5.11 Å². The van der Waals surface area contributed by atoms with Gasteiger partial charge in [0.1, 0.15) is 5.01 Å². The van der Waals surface area contributed by atoms with Gasteiger partial charge in [-0.1, -0.05) is 5.92 Å². The van der Waals surface area contributed by atoms with Crippen LogP contribution >= 0.6 is 11.3 Å². The molecule has 1 N–H and O–H groups in total. The Morgan fingerprint density at radius 2 is 2.67 bits per heavy atom. The number of thiazole rings is 1. The number of aliphatic hydroxyl groups excluding tert-OH is 1. The second kappa shape index (κ2) is 2.62. The second-order valence-electron chi connectivity index (χ2n) is 1.44. The molecule has 46 valence electrons. The molecule has 0 spiro atoms. The number of aliphatic hydroxyl groups is 1. The third kappa shape index (κ3) is 1.28. The highest BCUT2D eigenvalue weighted by Gasteiger charge is 2.03. The molecule has 1 aromatic rings. The van der Waals surface area contributed by atoms with Crippen molar-refractivity contribution >= 4 is 11.3 Å². The van der Waals surface area contributed by atoms with Gasteiger partial charge in [0.05, 0.1) is 0 Å². The highest BCUT2D eigenvalue weighted by Crippen LogP contribution is 2.13. The minimum Gasteiger partial charge on any atom is -0.374 e. The van der Waals surface area contributed by atoms with Crippen LogP contribution in [0.5, 0.6) is 0 Å². The van der Waals surface area contributed by atoms with E-state index in [1.54, 1.807) is 11.6 Å². The summed E-state index contributed by atoms with van der Waals surface area (Å²) >= 11 is 1.35. The first-order chi connectivity index (χ1) is 4.34. The molecule has 0 saturated carbocycles. The first-order valence-electron chi connectivity index (χ1n) is 2.38. The Labute approximate surface area is 57.2 Å². The van der Waals surface area contributed by atoms with E-state index in [0.717, 1.165) is 0 Å². The summed E-state index contributed by atoms with van der Waals surface area (Å²) in [6, 6.07) is 0. The highest BCUT2D eigenvalue weighted by atomic mass is 32.1. The van der Waals surface area contributed by atoms with Crippen molar-refractivity contribution in [3.8, 4) is 12.3 Å². The van der Waals surface area contributed by atoms with E-state index in [1.165, 1.54) is 11.3 Å². The summed E-state index contributed by atoms with van der Waals surface area (Å²) in [5.41, 5.74) is 0. The molecule has 0 radical (unpaired) electrons. The molecule has 9 heavy (non-hydrogen) atoms. The molecule has 0 bridgehead atoms. The van der Waals surface area contributed by atoms with Crippen LogP contribution in [0, 0.1) is 12.3 Å². The highest BCUT2D eigenvalue weighted by molar-refractivity contribution is 7.09. The lowest BCUT2D eigenvalue weighted by Crippen LogP contribution is -1.89. The summed E-state index contributed by atoms with van der Waals surface area (Å²) in [7, 11) is 0. The van der Waals surface area contributed by atoms with Crippen LogP contribution in [-0.2, 0) is 0 Å². The van der Waals surface area contributed by atoms with Gasteiger partial charge in [-0.05, 0) is 0 Å². The SMILES string of the molecule is C#CC(O)c1nccs1. The summed E-state index contributed by atoms with van der Waals surface area (Å²) in [6.45, 7) is 0. The topological polar surface area (TPSA) is 33.1 Å². The largest absolute Gasteiger partial charge is 0.374 e. The maximum absolute atomic E-state index is 8.93. The van der Waals surface area contributed by atoms with Gasteiger partial charge in [0.15, 0.2) is 6.10 Å². The average molecular weight is 139 g/mol.